The number of nitrogens with one attached hydrogen (secondary N) is 2. The number of pyridine rings is 1. The summed E-state index contributed by atoms with van der Waals surface area (Å²) in [5, 5.41) is 12.5. The Morgan fingerprint density at radius 2 is 1.34 bits per heavy atom. The number of nitriles is 1. The SMILES string of the molecule is CN(C)c1ccc(-c2cc(-c3c[nH]c4ccccc34)nc(-c3c[nH]c4ccccc34)c2C#N)cc1. The molecule has 0 saturated carbocycles. The Hall–Kier alpha value is -4.82. The molecule has 0 amide bonds. The van der Waals surface area contributed by atoms with Crippen molar-refractivity contribution in [2.45, 2.75) is 0 Å². The highest BCUT2D eigenvalue weighted by Gasteiger charge is 2.20. The van der Waals surface area contributed by atoms with E-state index < -0.39 is 0 Å². The molecule has 3 heterocycles. The molecule has 35 heavy (non-hydrogen) atoms. The average Bonchev–Trinajstić information content (AvgIpc) is 3.52. The lowest BCUT2D eigenvalue weighted by molar-refractivity contribution is 1.13. The molecule has 0 bridgehead atoms. The number of para-hydroxylation sites is 2. The number of aromatic nitrogens is 3. The first-order valence-corrected chi connectivity index (χ1v) is 11.5. The van der Waals surface area contributed by atoms with Crippen LogP contribution in [0.4, 0.5) is 5.69 Å². The van der Waals surface area contributed by atoms with Crippen molar-refractivity contribution in [2.24, 2.45) is 0 Å². The molecule has 6 aromatic rings. The highest BCUT2D eigenvalue weighted by molar-refractivity contribution is 6.00. The van der Waals surface area contributed by atoms with Crippen molar-refractivity contribution in [3.05, 3.63) is 96.8 Å². The molecule has 3 aromatic heterocycles. The third-order valence-electron chi connectivity index (χ3n) is 6.54. The molecular formula is C30H23N5. The van der Waals surface area contributed by atoms with Crippen LogP contribution in [-0.2, 0) is 0 Å². The van der Waals surface area contributed by atoms with Gasteiger partial charge in [0, 0.05) is 70.7 Å². The van der Waals surface area contributed by atoms with Gasteiger partial charge in [-0.2, -0.15) is 5.26 Å². The average molecular weight is 454 g/mol. The van der Waals surface area contributed by atoms with E-state index >= 15 is 0 Å². The minimum Gasteiger partial charge on any atom is -0.378 e. The van der Waals surface area contributed by atoms with Crippen LogP contribution < -0.4 is 4.90 Å². The highest BCUT2D eigenvalue weighted by atomic mass is 15.1. The third kappa shape index (κ3) is 3.44. The standard InChI is InChI=1S/C30H23N5/c1-35(2)20-13-11-19(12-14-20)23-15-29(25-17-32-27-9-5-3-7-21(25)27)34-30(24(23)16-31)26-18-33-28-10-6-4-8-22(26)28/h3-15,17-18,32-33H,1-2H3. The Bertz CT molecular complexity index is 1730. The minimum atomic E-state index is 0.566. The van der Waals surface area contributed by atoms with Crippen molar-refractivity contribution in [3.63, 3.8) is 0 Å². The fourth-order valence-corrected chi connectivity index (χ4v) is 4.71. The lowest BCUT2D eigenvalue weighted by Crippen LogP contribution is -2.08. The molecule has 0 aliphatic heterocycles. The molecular weight excluding hydrogens is 430 g/mol. The van der Waals surface area contributed by atoms with E-state index in [9.17, 15) is 5.26 Å². The Balaban J connectivity index is 1.66. The van der Waals surface area contributed by atoms with Crippen LogP contribution in [0.3, 0.4) is 0 Å². The van der Waals surface area contributed by atoms with Gasteiger partial charge in [0.1, 0.15) is 6.07 Å². The van der Waals surface area contributed by atoms with Crippen LogP contribution in [0.2, 0.25) is 0 Å². The molecule has 0 saturated heterocycles. The molecule has 168 valence electrons. The first kappa shape index (κ1) is 20.8. The summed E-state index contributed by atoms with van der Waals surface area (Å²) < 4.78 is 0. The molecule has 0 radical (unpaired) electrons. The van der Waals surface area contributed by atoms with E-state index in [1.807, 2.05) is 62.9 Å². The van der Waals surface area contributed by atoms with E-state index in [-0.39, 0.29) is 0 Å². The van der Waals surface area contributed by atoms with E-state index in [4.69, 9.17) is 4.98 Å². The maximum atomic E-state index is 10.4. The summed E-state index contributed by atoms with van der Waals surface area (Å²) in [6.45, 7) is 0. The molecule has 5 heteroatoms. The second-order valence-electron chi connectivity index (χ2n) is 8.83. The second kappa shape index (κ2) is 8.19. The van der Waals surface area contributed by atoms with Crippen LogP contribution in [-0.4, -0.2) is 29.0 Å². The normalized spacial score (nSPS) is 11.1. The maximum absolute atomic E-state index is 10.4. The van der Waals surface area contributed by atoms with Gasteiger partial charge in [0.25, 0.3) is 0 Å². The monoisotopic (exact) mass is 453 g/mol. The molecule has 2 N–H and O–H groups in total. The van der Waals surface area contributed by atoms with Gasteiger partial charge in [-0.05, 0) is 35.9 Å². The minimum absolute atomic E-state index is 0.566. The largest absolute Gasteiger partial charge is 0.378 e. The van der Waals surface area contributed by atoms with Crippen molar-refractivity contribution in [2.75, 3.05) is 19.0 Å². The van der Waals surface area contributed by atoms with Gasteiger partial charge in [-0.1, -0.05) is 48.5 Å². The quantitative estimate of drug-likeness (QED) is 0.302. The van der Waals surface area contributed by atoms with E-state index in [2.05, 4.69) is 63.4 Å². The van der Waals surface area contributed by atoms with Crippen molar-refractivity contribution >= 4 is 27.5 Å². The van der Waals surface area contributed by atoms with Gasteiger partial charge in [-0.25, -0.2) is 4.98 Å². The maximum Gasteiger partial charge on any atom is 0.102 e. The molecule has 0 atom stereocenters. The number of rotatable bonds is 4. The molecule has 3 aromatic carbocycles. The number of anilines is 1. The number of H-pyrrole nitrogens is 2. The summed E-state index contributed by atoms with van der Waals surface area (Å²) >= 11 is 0. The molecule has 6 rings (SSSR count). The summed E-state index contributed by atoms with van der Waals surface area (Å²) in [5.74, 6) is 0. The molecule has 0 fully saturated rings. The van der Waals surface area contributed by atoms with Gasteiger partial charge < -0.3 is 14.9 Å². The number of fused-ring (bicyclic) bond motifs is 2. The van der Waals surface area contributed by atoms with E-state index in [0.717, 1.165) is 55.4 Å². The molecule has 0 aliphatic carbocycles. The highest BCUT2D eigenvalue weighted by Crippen LogP contribution is 2.39. The first-order chi connectivity index (χ1) is 17.1. The van der Waals surface area contributed by atoms with Crippen molar-refractivity contribution < 1.29 is 0 Å². The summed E-state index contributed by atoms with van der Waals surface area (Å²) in [6, 6.07) is 29.1. The van der Waals surface area contributed by atoms with E-state index in [0.29, 0.717) is 11.3 Å². The Morgan fingerprint density at radius 1 is 0.743 bits per heavy atom. The first-order valence-electron chi connectivity index (χ1n) is 11.5. The zero-order valence-electron chi connectivity index (χ0n) is 19.5. The smallest absolute Gasteiger partial charge is 0.102 e. The fourth-order valence-electron chi connectivity index (χ4n) is 4.71. The topological polar surface area (TPSA) is 71.5 Å². The van der Waals surface area contributed by atoms with Gasteiger partial charge in [-0.3, -0.25) is 0 Å². The van der Waals surface area contributed by atoms with Gasteiger partial charge in [0.05, 0.1) is 17.0 Å². The number of benzene rings is 3. The molecule has 0 spiro atoms. The predicted molar refractivity (Wildman–Crippen MR) is 143 cm³/mol. The summed E-state index contributed by atoms with van der Waals surface area (Å²) in [7, 11) is 4.04. The van der Waals surface area contributed by atoms with Gasteiger partial charge in [-0.15, -0.1) is 0 Å². The second-order valence-corrected chi connectivity index (χ2v) is 8.83. The number of aromatic amines is 2. The van der Waals surface area contributed by atoms with E-state index in [1.165, 1.54) is 0 Å². The molecule has 0 aliphatic rings. The van der Waals surface area contributed by atoms with Crippen molar-refractivity contribution in [1.29, 1.82) is 5.26 Å². The summed E-state index contributed by atoms with van der Waals surface area (Å²) in [4.78, 5) is 13.9. The van der Waals surface area contributed by atoms with Gasteiger partial charge in [0.15, 0.2) is 0 Å². The van der Waals surface area contributed by atoms with Crippen molar-refractivity contribution in [1.82, 2.24) is 15.0 Å². The fraction of sp³-hybridized carbons (Fsp3) is 0.0667. The third-order valence-corrected chi connectivity index (χ3v) is 6.54. The van der Waals surface area contributed by atoms with Crippen LogP contribution in [0.1, 0.15) is 5.56 Å². The van der Waals surface area contributed by atoms with Gasteiger partial charge in [0.2, 0.25) is 0 Å². The predicted octanol–water partition coefficient (Wildman–Crippen LogP) is 6.98. The molecule has 5 nitrogen and oxygen atoms in total. The zero-order chi connectivity index (χ0) is 23.9. The summed E-state index contributed by atoms with van der Waals surface area (Å²) in [5.41, 5.74) is 9.04. The van der Waals surface area contributed by atoms with Crippen LogP contribution in [0, 0.1) is 11.3 Å². The lowest BCUT2D eigenvalue weighted by Gasteiger charge is -2.15. The Kier molecular flexibility index (Phi) is 4.86. The van der Waals surface area contributed by atoms with Crippen LogP contribution in [0.5, 0.6) is 0 Å². The van der Waals surface area contributed by atoms with E-state index in [1.54, 1.807) is 0 Å². The Labute approximate surface area is 203 Å². The Morgan fingerprint density at radius 3 is 1.97 bits per heavy atom. The number of hydrogen-bond donors (Lipinski definition) is 2. The van der Waals surface area contributed by atoms with Crippen LogP contribution in [0.25, 0.3) is 55.4 Å². The van der Waals surface area contributed by atoms with Crippen molar-refractivity contribution in [3.8, 4) is 39.7 Å². The van der Waals surface area contributed by atoms with Crippen LogP contribution >= 0.6 is 0 Å². The molecule has 0 unspecified atom stereocenters. The number of hydrogen-bond acceptors (Lipinski definition) is 3. The zero-order valence-corrected chi connectivity index (χ0v) is 19.5. The lowest BCUT2D eigenvalue weighted by atomic mass is 9.94. The number of nitrogens with zero attached hydrogens (tertiary/aromatic N) is 3. The summed E-state index contributed by atoms with van der Waals surface area (Å²) in [6.07, 6.45) is 3.95. The van der Waals surface area contributed by atoms with Crippen LogP contribution in [0.15, 0.2) is 91.3 Å². The van der Waals surface area contributed by atoms with Gasteiger partial charge >= 0.3 is 0 Å².